The lowest BCUT2D eigenvalue weighted by Gasteiger charge is -2.04. The van der Waals surface area contributed by atoms with Gasteiger partial charge in [0.15, 0.2) is 5.69 Å². The summed E-state index contributed by atoms with van der Waals surface area (Å²) in [6.07, 6.45) is 1.89. The lowest BCUT2D eigenvalue weighted by molar-refractivity contribution is 0.0513. The molecule has 0 unspecified atom stereocenters. The van der Waals surface area contributed by atoms with Crippen LogP contribution >= 0.6 is 27.7 Å². The van der Waals surface area contributed by atoms with E-state index in [-0.39, 0.29) is 5.97 Å². The van der Waals surface area contributed by atoms with Gasteiger partial charge in [0.1, 0.15) is 10.7 Å². The first kappa shape index (κ1) is 12.4. The molecule has 0 spiro atoms. The van der Waals surface area contributed by atoms with Crippen LogP contribution in [0.15, 0.2) is 27.8 Å². The number of imidazole rings is 1. The van der Waals surface area contributed by atoms with Crippen LogP contribution in [0, 0.1) is 0 Å². The molecule has 0 aliphatic heterocycles. The Morgan fingerprint density at radius 1 is 1.59 bits per heavy atom. The third-order valence-corrected chi connectivity index (χ3v) is 3.52. The monoisotopic (exact) mass is 314 g/mol. The minimum absolute atomic E-state index is 0.351. The van der Waals surface area contributed by atoms with Gasteiger partial charge in [-0.3, -0.25) is 4.40 Å². The van der Waals surface area contributed by atoms with Crippen molar-refractivity contribution in [2.45, 2.75) is 11.9 Å². The Labute approximate surface area is 111 Å². The number of pyridine rings is 1. The van der Waals surface area contributed by atoms with Gasteiger partial charge in [0.25, 0.3) is 0 Å². The first-order valence-corrected chi connectivity index (χ1v) is 7.09. The van der Waals surface area contributed by atoms with Crippen molar-refractivity contribution in [1.29, 1.82) is 0 Å². The lowest BCUT2D eigenvalue weighted by Crippen LogP contribution is -2.09. The van der Waals surface area contributed by atoms with E-state index in [9.17, 15) is 4.79 Å². The maximum absolute atomic E-state index is 11.9. The number of esters is 1. The molecule has 0 amide bonds. The molecule has 0 aliphatic carbocycles. The molecule has 0 radical (unpaired) electrons. The summed E-state index contributed by atoms with van der Waals surface area (Å²) in [7, 11) is 0. The highest BCUT2D eigenvalue weighted by Gasteiger charge is 2.21. The predicted molar refractivity (Wildman–Crippen MR) is 70.6 cm³/mol. The number of nitrogens with zero attached hydrogens (tertiary/aromatic N) is 2. The number of thioether (sulfide) groups is 1. The normalized spacial score (nSPS) is 10.8. The second kappa shape index (κ2) is 5.10. The second-order valence-corrected chi connectivity index (χ2v) is 4.84. The summed E-state index contributed by atoms with van der Waals surface area (Å²) in [5, 5.41) is 0.676. The Balaban J connectivity index is 2.69. The fourth-order valence-corrected chi connectivity index (χ4v) is 2.62. The molecule has 17 heavy (non-hydrogen) atoms. The van der Waals surface area contributed by atoms with E-state index in [1.807, 2.05) is 24.5 Å². The molecular weight excluding hydrogens is 304 g/mol. The van der Waals surface area contributed by atoms with Crippen molar-refractivity contribution in [3.63, 3.8) is 0 Å². The summed E-state index contributed by atoms with van der Waals surface area (Å²) < 4.78 is 7.59. The van der Waals surface area contributed by atoms with Crippen molar-refractivity contribution in [2.24, 2.45) is 0 Å². The molecule has 0 bridgehead atoms. The maximum Gasteiger partial charge on any atom is 0.358 e. The van der Waals surface area contributed by atoms with Gasteiger partial charge in [0.2, 0.25) is 0 Å². The average Bonchev–Trinajstić information content (AvgIpc) is 2.69. The topological polar surface area (TPSA) is 43.6 Å². The van der Waals surface area contributed by atoms with E-state index in [4.69, 9.17) is 4.74 Å². The number of carbonyl (C=O) groups excluding carboxylic acids is 1. The van der Waals surface area contributed by atoms with Crippen molar-refractivity contribution in [3.05, 3.63) is 28.5 Å². The van der Waals surface area contributed by atoms with Gasteiger partial charge in [-0.2, -0.15) is 0 Å². The number of fused-ring (bicyclic) bond motifs is 1. The summed E-state index contributed by atoms with van der Waals surface area (Å²) in [5.74, 6) is -0.351. The molecule has 0 aliphatic rings. The maximum atomic E-state index is 11.9. The molecule has 0 N–H and O–H groups in total. The number of rotatable bonds is 3. The van der Waals surface area contributed by atoms with Crippen molar-refractivity contribution in [1.82, 2.24) is 9.38 Å². The minimum Gasteiger partial charge on any atom is -0.461 e. The molecule has 0 saturated heterocycles. The first-order chi connectivity index (χ1) is 8.19. The molecule has 0 fully saturated rings. The van der Waals surface area contributed by atoms with Crippen LogP contribution < -0.4 is 0 Å². The number of halogens is 1. The molecule has 4 nitrogen and oxygen atoms in total. The molecule has 6 heteroatoms. The lowest BCUT2D eigenvalue weighted by atomic mass is 10.4. The molecule has 0 atom stereocenters. The van der Waals surface area contributed by atoms with Crippen LogP contribution in [0.2, 0.25) is 0 Å². The van der Waals surface area contributed by atoms with E-state index >= 15 is 0 Å². The van der Waals surface area contributed by atoms with Gasteiger partial charge >= 0.3 is 5.97 Å². The van der Waals surface area contributed by atoms with Crippen molar-refractivity contribution < 1.29 is 9.53 Å². The van der Waals surface area contributed by atoms with E-state index in [0.29, 0.717) is 17.3 Å². The summed E-state index contributed by atoms with van der Waals surface area (Å²) in [6.45, 7) is 2.14. The largest absolute Gasteiger partial charge is 0.461 e. The number of hydrogen-bond donors (Lipinski definition) is 0. The molecule has 2 aromatic rings. The third-order valence-electron chi connectivity index (χ3n) is 2.23. The van der Waals surface area contributed by atoms with Crippen LogP contribution in [-0.2, 0) is 4.74 Å². The molecule has 2 rings (SSSR count). The summed E-state index contributed by atoms with van der Waals surface area (Å²) in [4.78, 5) is 16.3. The Morgan fingerprint density at radius 3 is 3.00 bits per heavy atom. The Kier molecular flexibility index (Phi) is 3.73. The Bertz CT molecular complexity index is 568. The minimum atomic E-state index is -0.351. The zero-order valence-corrected chi connectivity index (χ0v) is 11.8. The van der Waals surface area contributed by atoms with Crippen molar-refractivity contribution >= 4 is 39.3 Å². The summed E-state index contributed by atoms with van der Waals surface area (Å²) in [5.41, 5.74) is 1.20. The van der Waals surface area contributed by atoms with Crippen LogP contribution in [-0.4, -0.2) is 28.2 Å². The fourth-order valence-electron chi connectivity index (χ4n) is 1.55. The molecule has 90 valence electrons. The SMILES string of the molecule is CCOC(=O)c1c(SC)nc2cccc(Br)n12. The smallest absolute Gasteiger partial charge is 0.358 e. The standard InChI is InChI=1S/C11H11BrN2O2S/c1-3-16-11(15)9-10(17-2)13-8-6-4-5-7(12)14(8)9/h4-6H,3H2,1-2H3. The number of hydrogen-bond acceptors (Lipinski definition) is 4. The van der Waals surface area contributed by atoms with Crippen LogP contribution in [0.25, 0.3) is 5.65 Å². The average molecular weight is 315 g/mol. The van der Waals surface area contributed by atoms with Gasteiger partial charge in [0, 0.05) is 0 Å². The van der Waals surface area contributed by atoms with E-state index in [2.05, 4.69) is 20.9 Å². The second-order valence-electron chi connectivity index (χ2n) is 3.23. The van der Waals surface area contributed by atoms with Gasteiger partial charge in [-0.05, 0) is 41.2 Å². The summed E-state index contributed by atoms with van der Waals surface area (Å²) >= 11 is 4.85. The van der Waals surface area contributed by atoms with Crippen LogP contribution in [0.3, 0.4) is 0 Å². The van der Waals surface area contributed by atoms with Crippen molar-refractivity contribution in [3.8, 4) is 0 Å². The van der Waals surface area contributed by atoms with Crippen LogP contribution in [0.1, 0.15) is 17.4 Å². The van der Waals surface area contributed by atoms with Gasteiger partial charge < -0.3 is 4.74 Å². The zero-order valence-electron chi connectivity index (χ0n) is 9.44. The fraction of sp³-hybridized carbons (Fsp3) is 0.273. The Morgan fingerprint density at radius 2 is 2.35 bits per heavy atom. The molecular formula is C11H11BrN2O2S. The van der Waals surface area contributed by atoms with Crippen molar-refractivity contribution in [2.75, 3.05) is 12.9 Å². The first-order valence-electron chi connectivity index (χ1n) is 5.07. The number of ether oxygens (including phenoxy) is 1. The highest BCUT2D eigenvalue weighted by Crippen LogP contribution is 2.25. The molecule has 0 saturated carbocycles. The number of carbonyl (C=O) groups is 1. The van der Waals surface area contributed by atoms with Crippen LogP contribution in [0.4, 0.5) is 0 Å². The molecule has 2 heterocycles. The van der Waals surface area contributed by atoms with E-state index in [1.165, 1.54) is 11.8 Å². The summed E-state index contributed by atoms with van der Waals surface area (Å²) in [6, 6.07) is 5.60. The third kappa shape index (κ3) is 2.19. The molecule has 0 aromatic carbocycles. The van der Waals surface area contributed by atoms with E-state index < -0.39 is 0 Å². The highest BCUT2D eigenvalue weighted by atomic mass is 79.9. The van der Waals surface area contributed by atoms with Crippen LogP contribution in [0.5, 0.6) is 0 Å². The number of aromatic nitrogens is 2. The van der Waals surface area contributed by atoms with E-state index in [0.717, 1.165) is 10.3 Å². The predicted octanol–water partition coefficient (Wildman–Crippen LogP) is 3.00. The van der Waals surface area contributed by atoms with Gasteiger partial charge in [-0.15, -0.1) is 11.8 Å². The van der Waals surface area contributed by atoms with Gasteiger partial charge in [-0.1, -0.05) is 6.07 Å². The zero-order chi connectivity index (χ0) is 12.4. The quantitative estimate of drug-likeness (QED) is 0.496. The van der Waals surface area contributed by atoms with Gasteiger partial charge in [-0.25, -0.2) is 9.78 Å². The van der Waals surface area contributed by atoms with E-state index in [1.54, 1.807) is 11.3 Å². The van der Waals surface area contributed by atoms with Gasteiger partial charge in [0.05, 0.1) is 11.2 Å². The highest BCUT2D eigenvalue weighted by molar-refractivity contribution is 9.10. The Hall–Kier alpha value is -1.01. The molecule has 2 aromatic heterocycles.